The molecule has 1 aliphatic heterocycles. The first-order chi connectivity index (χ1) is 16.3. The lowest BCUT2D eigenvalue weighted by atomic mass is 9.94. The van der Waals surface area contributed by atoms with Crippen LogP contribution in [0.3, 0.4) is 0 Å². The number of hydrogen-bond donors (Lipinski definition) is 1. The fraction of sp³-hybridized carbons (Fsp3) is 0.429. The van der Waals surface area contributed by atoms with Gasteiger partial charge in [-0.05, 0) is 76.2 Å². The van der Waals surface area contributed by atoms with Crippen LogP contribution in [0.15, 0.2) is 48.0 Å². The number of likely N-dealkylation sites (tertiary alicyclic amines) is 1. The second kappa shape index (κ2) is 11.3. The number of benzene rings is 2. The lowest BCUT2D eigenvalue weighted by molar-refractivity contribution is -0.140. The van der Waals surface area contributed by atoms with Gasteiger partial charge in [-0.3, -0.25) is 9.59 Å². The predicted octanol–water partition coefficient (Wildman–Crippen LogP) is 4.86. The lowest BCUT2D eigenvalue weighted by Gasteiger charge is -2.27. The maximum atomic E-state index is 13.2. The van der Waals surface area contributed by atoms with E-state index in [1.54, 1.807) is 23.1 Å². The van der Waals surface area contributed by atoms with Crippen molar-refractivity contribution in [3.63, 3.8) is 0 Å². The van der Waals surface area contributed by atoms with Gasteiger partial charge in [-0.25, -0.2) is 0 Å². The van der Waals surface area contributed by atoms with E-state index in [9.17, 15) is 14.7 Å². The highest BCUT2D eigenvalue weighted by Gasteiger charge is 2.45. The molecule has 6 nitrogen and oxygen atoms in total. The van der Waals surface area contributed by atoms with Crippen LogP contribution >= 0.6 is 0 Å². The number of rotatable bonds is 10. The van der Waals surface area contributed by atoms with Gasteiger partial charge < -0.3 is 19.6 Å². The summed E-state index contributed by atoms with van der Waals surface area (Å²) in [5, 5.41) is 11.3. The quantitative estimate of drug-likeness (QED) is 0.309. The minimum atomic E-state index is -0.641. The Morgan fingerprint density at radius 2 is 1.71 bits per heavy atom. The molecular weight excluding hydrogens is 428 g/mol. The molecular formula is C28H36N2O4. The van der Waals surface area contributed by atoms with Gasteiger partial charge in [0.15, 0.2) is 0 Å². The molecule has 6 heteroatoms. The molecule has 2 aromatic carbocycles. The number of Topliss-reactive ketones (excluding diaryl/α,β-unsaturated/α-hetero) is 1. The highest BCUT2D eigenvalue weighted by molar-refractivity contribution is 6.46. The van der Waals surface area contributed by atoms with E-state index in [1.807, 2.05) is 45.0 Å². The molecule has 0 aromatic heterocycles. The first kappa shape index (κ1) is 25.5. The van der Waals surface area contributed by atoms with E-state index in [0.717, 1.165) is 48.5 Å². The third kappa shape index (κ3) is 5.33. The van der Waals surface area contributed by atoms with Gasteiger partial charge in [-0.2, -0.15) is 0 Å². The minimum Gasteiger partial charge on any atom is -0.507 e. The van der Waals surface area contributed by atoms with Crippen molar-refractivity contribution in [2.24, 2.45) is 0 Å². The first-order valence-corrected chi connectivity index (χ1v) is 12.1. The van der Waals surface area contributed by atoms with Crippen molar-refractivity contribution < 1.29 is 19.4 Å². The minimum absolute atomic E-state index is 0.139. The third-order valence-corrected chi connectivity index (χ3v) is 6.45. The molecule has 0 spiro atoms. The fourth-order valence-electron chi connectivity index (χ4n) is 4.48. The molecule has 1 amide bonds. The first-order valence-electron chi connectivity index (χ1n) is 12.1. The Bertz CT molecular complexity index is 1050. The molecule has 1 unspecified atom stereocenters. The fourth-order valence-corrected chi connectivity index (χ4v) is 4.48. The number of ether oxygens (including phenoxy) is 1. The van der Waals surface area contributed by atoms with Crippen LogP contribution in [0.5, 0.6) is 5.75 Å². The number of ketones is 1. The molecule has 0 saturated carbocycles. The molecule has 1 fully saturated rings. The summed E-state index contributed by atoms with van der Waals surface area (Å²) in [6, 6.07) is 12.5. The summed E-state index contributed by atoms with van der Waals surface area (Å²) in [6.45, 7) is 13.7. The molecule has 1 heterocycles. The van der Waals surface area contributed by atoms with Gasteiger partial charge in [-0.15, -0.1) is 0 Å². The van der Waals surface area contributed by atoms with Crippen LogP contribution in [0.25, 0.3) is 5.76 Å². The number of aliphatic hydroxyl groups is 1. The normalized spacial score (nSPS) is 17.6. The summed E-state index contributed by atoms with van der Waals surface area (Å²) in [5.41, 5.74) is 3.40. The average molecular weight is 465 g/mol. The van der Waals surface area contributed by atoms with Crippen molar-refractivity contribution in [3.05, 3.63) is 70.3 Å². The molecule has 0 radical (unpaired) electrons. The van der Waals surface area contributed by atoms with E-state index >= 15 is 0 Å². The van der Waals surface area contributed by atoms with E-state index in [0.29, 0.717) is 18.7 Å². The van der Waals surface area contributed by atoms with E-state index < -0.39 is 17.7 Å². The Labute approximate surface area is 202 Å². The monoisotopic (exact) mass is 464 g/mol. The highest BCUT2D eigenvalue weighted by Crippen LogP contribution is 2.40. The van der Waals surface area contributed by atoms with Crippen LogP contribution in [-0.4, -0.2) is 59.4 Å². The number of aryl methyl sites for hydroxylation is 2. The summed E-state index contributed by atoms with van der Waals surface area (Å²) in [4.78, 5) is 30.2. The van der Waals surface area contributed by atoms with Crippen LogP contribution in [0.2, 0.25) is 0 Å². The Morgan fingerprint density at radius 1 is 1.03 bits per heavy atom. The van der Waals surface area contributed by atoms with Crippen molar-refractivity contribution in [1.29, 1.82) is 0 Å². The molecule has 1 atom stereocenters. The summed E-state index contributed by atoms with van der Waals surface area (Å²) in [5.74, 6) is -0.626. The summed E-state index contributed by atoms with van der Waals surface area (Å²) < 4.78 is 5.60. The number of hydrogen-bond acceptors (Lipinski definition) is 5. The van der Waals surface area contributed by atoms with E-state index in [-0.39, 0.29) is 11.3 Å². The van der Waals surface area contributed by atoms with Gasteiger partial charge in [-0.1, -0.05) is 43.7 Å². The van der Waals surface area contributed by atoms with Crippen LogP contribution in [0.1, 0.15) is 55.5 Å². The molecule has 2 aromatic rings. The summed E-state index contributed by atoms with van der Waals surface area (Å²) >= 11 is 0. The Balaban J connectivity index is 2.03. The molecule has 1 N–H and O–H groups in total. The van der Waals surface area contributed by atoms with E-state index in [1.165, 1.54) is 0 Å². The smallest absolute Gasteiger partial charge is 0.295 e. The number of amides is 1. The van der Waals surface area contributed by atoms with Gasteiger partial charge in [0.1, 0.15) is 11.5 Å². The summed E-state index contributed by atoms with van der Waals surface area (Å²) in [7, 11) is 0. The van der Waals surface area contributed by atoms with Crippen molar-refractivity contribution in [2.75, 3.05) is 32.8 Å². The van der Waals surface area contributed by atoms with Gasteiger partial charge in [0, 0.05) is 12.1 Å². The van der Waals surface area contributed by atoms with Crippen LogP contribution < -0.4 is 4.74 Å². The lowest BCUT2D eigenvalue weighted by Crippen LogP contribution is -2.33. The average Bonchev–Trinajstić information content (AvgIpc) is 3.08. The predicted molar refractivity (Wildman–Crippen MR) is 135 cm³/mol. The number of carbonyl (C=O) groups excluding carboxylic acids is 2. The largest absolute Gasteiger partial charge is 0.507 e. The Hall–Kier alpha value is -3.12. The molecule has 0 aliphatic carbocycles. The molecule has 0 bridgehead atoms. The second-order valence-electron chi connectivity index (χ2n) is 8.70. The van der Waals surface area contributed by atoms with Gasteiger partial charge >= 0.3 is 0 Å². The maximum absolute atomic E-state index is 13.2. The second-order valence-corrected chi connectivity index (χ2v) is 8.70. The van der Waals surface area contributed by atoms with Gasteiger partial charge in [0.05, 0.1) is 18.2 Å². The van der Waals surface area contributed by atoms with Gasteiger partial charge in [0.25, 0.3) is 11.7 Å². The van der Waals surface area contributed by atoms with E-state index in [4.69, 9.17) is 4.74 Å². The van der Waals surface area contributed by atoms with E-state index in [2.05, 4.69) is 18.7 Å². The van der Waals surface area contributed by atoms with Crippen LogP contribution in [-0.2, 0) is 9.59 Å². The zero-order valence-electron chi connectivity index (χ0n) is 20.9. The van der Waals surface area contributed by atoms with Gasteiger partial charge in [0.2, 0.25) is 0 Å². The number of carbonyl (C=O) groups is 2. The molecule has 3 rings (SSSR count). The van der Waals surface area contributed by atoms with Crippen molar-refractivity contribution in [3.8, 4) is 5.75 Å². The van der Waals surface area contributed by atoms with Crippen LogP contribution in [0, 0.1) is 13.8 Å². The zero-order chi connectivity index (χ0) is 24.8. The van der Waals surface area contributed by atoms with Crippen molar-refractivity contribution in [1.82, 2.24) is 9.80 Å². The SMILES string of the molecule is CCOc1ccc(C(O)=C2C(=O)C(=O)N(CCCN(CC)CC)C2c2ccc(C)cc2)cc1C. The Morgan fingerprint density at radius 3 is 2.29 bits per heavy atom. The molecule has 1 saturated heterocycles. The number of aliphatic hydroxyl groups excluding tert-OH is 1. The molecule has 34 heavy (non-hydrogen) atoms. The maximum Gasteiger partial charge on any atom is 0.295 e. The van der Waals surface area contributed by atoms with Crippen molar-refractivity contribution >= 4 is 17.4 Å². The summed E-state index contributed by atoms with van der Waals surface area (Å²) in [6.07, 6.45) is 0.749. The number of nitrogens with zero attached hydrogens (tertiary/aromatic N) is 2. The van der Waals surface area contributed by atoms with Crippen molar-refractivity contribution in [2.45, 2.75) is 47.1 Å². The molecule has 1 aliphatic rings. The Kier molecular flexibility index (Phi) is 8.51. The highest BCUT2D eigenvalue weighted by atomic mass is 16.5. The van der Waals surface area contributed by atoms with Crippen LogP contribution in [0.4, 0.5) is 0 Å². The topological polar surface area (TPSA) is 70.1 Å². The molecule has 182 valence electrons. The standard InChI is InChI=1S/C28H36N2O4/c1-6-29(7-2)16-9-17-30-25(21-12-10-19(4)11-13-21)24(27(32)28(30)33)26(31)22-14-15-23(34-8-3)20(5)18-22/h10-15,18,25,31H,6-9,16-17H2,1-5H3. The third-order valence-electron chi connectivity index (χ3n) is 6.45. The zero-order valence-corrected chi connectivity index (χ0v) is 20.9.